The van der Waals surface area contributed by atoms with Crippen molar-refractivity contribution in [3.63, 3.8) is 0 Å². The van der Waals surface area contributed by atoms with Crippen LogP contribution in [0.2, 0.25) is 0 Å². The monoisotopic (exact) mass is 256 g/mol. The van der Waals surface area contributed by atoms with E-state index >= 15 is 0 Å². The number of hydrogen-bond donors (Lipinski definition) is 1. The Morgan fingerprint density at radius 2 is 1.88 bits per heavy atom. The van der Waals surface area contributed by atoms with Crippen LogP contribution in [0, 0.1) is 0 Å². The first-order chi connectivity index (χ1) is 8.06. The van der Waals surface area contributed by atoms with Gasteiger partial charge in [0.05, 0.1) is 5.30 Å². The Bertz CT molecular complexity index is 415. The van der Waals surface area contributed by atoms with Crippen LogP contribution in [0.5, 0.6) is 0 Å². The molecule has 1 aromatic rings. The zero-order chi connectivity index (χ0) is 12.9. The van der Waals surface area contributed by atoms with Crippen LogP contribution in [-0.2, 0) is 21.9 Å². The van der Waals surface area contributed by atoms with E-state index in [0.29, 0.717) is 5.30 Å². The van der Waals surface area contributed by atoms with E-state index in [1.54, 1.807) is 6.07 Å². The van der Waals surface area contributed by atoms with Crippen LogP contribution in [0.25, 0.3) is 0 Å². The minimum Gasteiger partial charge on any atom is -0.321 e. The molecule has 0 aliphatic rings. The highest BCUT2D eigenvalue weighted by molar-refractivity contribution is 7.61. The number of benzene rings is 1. The van der Waals surface area contributed by atoms with Gasteiger partial charge in [-0.25, -0.2) is 0 Å². The van der Waals surface area contributed by atoms with Crippen molar-refractivity contribution in [1.82, 2.24) is 0 Å². The molecule has 0 fully saturated rings. The lowest BCUT2D eigenvalue weighted by molar-refractivity contribution is 0.327. The van der Waals surface area contributed by atoms with Crippen molar-refractivity contribution < 1.29 is 14.0 Å². The van der Waals surface area contributed by atoms with Gasteiger partial charge in [0.1, 0.15) is 0 Å². The summed E-state index contributed by atoms with van der Waals surface area (Å²) in [6.07, 6.45) is 3.74. The second-order valence-electron chi connectivity index (χ2n) is 4.12. The predicted molar refractivity (Wildman–Crippen MR) is 70.9 cm³/mol. The van der Waals surface area contributed by atoms with E-state index in [1.807, 2.05) is 12.1 Å². The third-order valence-electron chi connectivity index (χ3n) is 2.82. The maximum atomic E-state index is 12.0. The molecule has 0 radical (unpaired) electrons. The Hall–Kier alpha value is -0.630. The summed E-state index contributed by atoms with van der Waals surface area (Å²) in [6.45, 7) is 4.18. The van der Waals surface area contributed by atoms with Crippen molar-refractivity contribution in [1.29, 1.82) is 0 Å². The predicted octanol–water partition coefficient (Wildman–Crippen LogP) is 3.05. The summed E-state index contributed by atoms with van der Waals surface area (Å²) in [6, 6.07) is 5.57. The molecular weight excluding hydrogens is 235 g/mol. The molecule has 1 aromatic carbocycles. The Morgan fingerprint density at radius 3 is 2.41 bits per heavy atom. The first-order valence-electron chi connectivity index (χ1n) is 6.06. The zero-order valence-electron chi connectivity index (χ0n) is 10.8. The standard InChI is InChI=1S/C13H21O3P/c1-4-7-11-9-6-10-13(12(11)8-5-2)17(14,15)16-3/h6,9-10H,4-5,7-8H2,1-3H3,(H,14,15). The Morgan fingerprint density at radius 1 is 1.24 bits per heavy atom. The summed E-state index contributed by atoms with van der Waals surface area (Å²) < 4.78 is 16.7. The smallest absolute Gasteiger partial charge is 0.321 e. The molecule has 0 heterocycles. The molecule has 0 bridgehead atoms. The summed E-state index contributed by atoms with van der Waals surface area (Å²) in [4.78, 5) is 9.83. The average Bonchev–Trinajstić information content (AvgIpc) is 2.31. The normalized spacial score (nSPS) is 14.6. The Kier molecular flexibility index (Phi) is 5.38. The first-order valence-corrected chi connectivity index (χ1v) is 7.64. The van der Waals surface area contributed by atoms with Gasteiger partial charge in [-0.05, 0) is 30.0 Å². The fraction of sp³-hybridized carbons (Fsp3) is 0.538. The molecule has 0 aliphatic carbocycles. The van der Waals surface area contributed by atoms with Crippen molar-refractivity contribution in [3.8, 4) is 0 Å². The van der Waals surface area contributed by atoms with Gasteiger partial charge >= 0.3 is 7.60 Å². The molecule has 0 aliphatic heterocycles. The van der Waals surface area contributed by atoms with Crippen molar-refractivity contribution in [2.45, 2.75) is 39.5 Å². The second-order valence-corrected chi connectivity index (χ2v) is 6.01. The number of rotatable bonds is 6. The van der Waals surface area contributed by atoms with Gasteiger partial charge in [0.2, 0.25) is 0 Å². The largest absolute Gasteiger partial charge is 0.358 e. The highest BCUT2D eigenvalue weighted by Gasteiger charge is 2.25. The van der Waals surface area contributed by atoms with Crippen molar-refractivity contribution in [2.75, 3.05) is 7.11 Å². The summed E-state index contributed by atoms with van der Waals surface area (Å²) in [7, 11) is -2.36. The summed E-state index contributed by atoms with van der Waals surface area (Å²) in [5.41, 5.74) is 2.16. The molecule has 4 heteroatoms. The molecule has 1 atom stereocenters. The van der Waals surface area contributed by atoms with Crippen LogP contribution in [0.1, 0.15) is 37.8 Å². The van der Waals surface area contributed by atoms with Crippen LogP contribution in [0.4, 0.5) is 0 Å². The van der Waals surface area contributed by atoms with Gasteiger partial charge in [0.25, 0.3) is 0 Å². The molecule has 1 N–H and O–H groups in total. The van der Waals surface area contributed by atoms with E-state index in [2.05, 4.69) is 13.8 Å². The van der Waals surface area contributed by atoms with E-state index < -0.39 is 7.60 Å². The van der Waals surface area contributed by atoms with Gasteiger partial charge < -0.3 is 9.42 Å². The van der Waals surface area contributed by atoms with Crippen LogP contribution < -0.4 is 5.30 Å². The van der Waals surface area contributed by atoms with Gasteiger partial charge in [-0.15, -0.1) is 0 Å². The van der Waals surface area contributed by atoms with Crippen LogP contribution in [0.15, 0.2) is 18.2 Å². The van der Waals surface area contributed by atoms with Gasteiger partial charge in [-0.3, -0.25) is 4.57 Å². The molecular formula is C13H21O3P. The summed E-state index contributed by atoms with van der Waals surface area (Å²) >= 11 is 0. The fourth-order valence-electron chi connectivity index (χ4n) is 2.03. The molecule has 0 aromatic heterocycles. The third-order valence-corrected chi connectivity index (χ3v) is 4.34. The van der Waals surface area contributed by atoms with Crippen molar-refractivity contribution >= 4 is 12.9 Å². The summed E-state index contributed by atoms with van der Waals surface area (Å²) in [5, 5.41) is 0.466. The molecule has 17 heavy (non-hydrogen) atoms. The van der Waals surface area contributed by atoms with Crippen LogP contribution in [0.3, 0.4) is 0 Å². The van der Waals surface area contributed by atoms with Crippen LogP contribution in [-0.4, -0.2) is 12.0 Å². The highest BCUT2D eigenvalue weighted by atomic mass is 31.2. The lowest BCUT2D eigenvalue weighted by Gasteiger charge is -2.17. The first kappa shape index (κ1) is 14.4. The molecule has 1 unspecified atom stereocenters. The minimum atomic E-state index is -3.64. The highest BCUT2D eigenvalue weighted by Crippen LogP contribution is 2.41. The SMILES string of the molecule is CCCc1cccc(P(=O)(O)OC)c1CCC. The Balaban J connectivity index is 3.29. The van der Waals surface area contributed by atoms with E-state index in [9.17, 15) is 9.46 Å². The van der Waals surface area contributed by atoms with Crippen molar-refractivity contribution in [3.05, 3.63) is 29.3 Å². The van der Waals surface area contributed by atoms with Gasteiger partial charge in [0, 0.05) is 7.11 Å². The molecule has 1 rings (SSSR count). The molecule has 0 amide bonds. The molecule has 0 saturated carbocycles. The topological polar surface area (TPSA) is 46.5 Å². The lowest BCUT2D eigenvalue weighted by atomic mass is 10.00. The second kappa shape index (κ2) is 6.34. The quantitative estimate of drug-likeness (QED) is 0.796. The number of hydrogen-bond acceptors (Lipinski definition) is 2. The maximum Gasteiger partial charge on any atom is 0.358 e. The van der Waals surface area contributed by atoms with E-state index in [4.69, 9.17) is 4.52 Å². The molecule has 96 valence electrons. The molecule has 0 saturated heterocycles. The van der Waals surface area contributed by atoms with Gasteiger partial charge in [-0.2, -0.15) is 0 Å². The molecule has 0 spiro atoms. The maximum absolute atomic E-state index is 12.0. The van der Waals surface area contributed by atoms with Crippen molar-refractivity contribution in [2.24, 2.45) is 0 Å². The van der Waals surface area contributed by atoms with E-state index in [-0.39, 0.29) is 0 Å². The average molecular weight is 256 g/mol. The van der Waals surface area contributed by atoms with Crippen LogP contribution >= 0.6 is 7.60 Å². The summed E-state index contributed by atoms with van der Waals surface area (Å²) in [5.74, 6) is 0. The van der Waals surface area contributed by atoms with E-state index in [0.717, 1.165) is 36.8 Å². The lowest BCUT2D eigenvalue weighted by Crippen LogP contribution is -2.15. The number of aryl methyl sites for hydroxylation is 1. The van der Waals surface area contributed by atoms with Gasteiger partial charge in [-0.1, -0.05) is 38.8 Å². The fourth-order valence-corrected chi connectivity index (χ4v) is 3.09. The van der Waals surface area contributed by atoms with E-state index in [1.165, 1.54) is 7.11 Å². The third kappa shape index (κ3) is 3.41. The zero-order valence-corrected chi connectivity index (χ0v) is 11.7. The molecule has 3 nitrogen and oxygen atoms in total. The Labute approximate surface area is 103 Å². The minimum absolute atomic E-state index is 0.466. The van der Waals surface area contributed by atoms with Gasteiger partial charge in [0.15, 0.2) is 0 Å².